The van der Waals surface area contributed by atoms with Crippen LogP contribution in [-0.2, 0) is 9.53 Å². The van der Waals surface area contributed by atoms with Gasteiger partial charge >= 0.3 is 5.97 Å². The first kappa shape index (κ1) is 21.5. The normalized spacial score (nSPS) is 11.6. The third-order valence-corrected chi connectivity index (χ3v) is 5.45. The molecule has 0 fully saturated rings. The van der Waals surface area contributed by atoms with Crippen LogP contribution >= 0.6 is 11.3 Å². The summed E-state index contributed by atoms with van der Waals surface area (Å²) in [7, 11) is 0. The number of esters is 1. The average molecular weight is 424 g/mol. The molecule has 0 bridgehead atoms. The highest BCUT2D eigenvalue weighted by molar-refractivity contribution is 7.14. The van der Waals surface area contributed by atoms with Crippen LogP contribution in [0.15, 0.2) is 60.0 Å². The molecule has 0 saturated heterocycles. The van der Waals surface area contributed by atoms with Crippen molar-refractivity contribution >= 4 is 34.0 Å². The predicted molar refractivity (Wildman–Crippen MR) is 121 cm³/mol. The number of hydrogen-bond donors (Lipinski definition) is 1. The van der Waals surface area contributed by atoms with Gasteiger partial charge in [-0.1, -0.05) is 30.3 Å². The van der Waals surface area contributed by atoms with Crippen LogP contribution in [0.5, 0.6) is 0 Å². The number of ether oxygens (including phenoxy) is 1. The van der Waals surface area contributed by atoms with Gasteiger partial charge in [-0.05, 0) is 45.0 Å². The monoisotopic (exact) mass is 423 g/mol. The van der Waals surface area contributed by atoms with E-state index in [9.17, 15) is 9.59 Å². The minimum atomic E-state index is -0.941. The number of amides is 1. The highest BCUT2D eigenvalue weighted by atomic mass is 32.1. The van der Waals surface area contributed by atoms with E-state index in [4.69, 9.17) is 4.74 Å². The zero-order chi connectivity index (χ0) is 21.5. The summed E-state index contributed by atoms with van der Waals surface area (Å²) in [6.45, 7) is 7.48. The van der Waals surface area contributed by atoms with Crippen LogP contribution < -0.4 is 10.2 Å². The third kappa shape index (κ3) is 5.24. The van der Waals surface area contributed by atoms with Gasteiger partial charge < -0.3 is 9.64 Å². The molecule has 0 spiro atoms. The summed E-state index contributed by atoms with van der Waals surface area (Å²) in [6.07, 6.45) is -0.941. The molecule has 1 atom stereocenters. The Balaban J connectivity index is 1.57. The van der Waals surface area contributed by atoms with Crippen LogP contribution in [0, 0.1) is 0 Å². The molecule has 30 heavy (non-hydrogen) atoms. The molecule has 1 heterocycles. The van der Waals surface area contributed by atoms with Gasteiger partial charge in [0.2, 0.25) is 0 Å². The van der Waals surface area contributed by atoms with Crippen molar-refractivity contribution in [1.82, 2.24) is 4.98 Å². The Hall–Kier alpha value is -3.19. The van der Waals surface area contributed by atoms with Crippen molar-refractivity contribution in [1.29, 1.82) is 0 Å². The quantitative estimate of drug-likeness (QED) is 0.525. The second-order valence-electron chi connectivity index (χ2n) is 6.66. The molecule has 156 valence electrons. The van der Waals surface area contributed by atoms with Gasteiger partial charge in [-0.3, -0.25) is 10.1 Å². The predicted octanol–water partition coefficient (Wildman–Crippen LogP) is 4.84. The average Bonchev–Trinajstić information content (AvgIpc) is 3.24. The summed E-state index contributed by atoms with van der Waals surface area (Å²) in [4.78, 5) is 31.4. The van der Waals surface area contributed by atoms with E-state index >= 15 is 0 Å². The lowest BCUT2D eigenvalue weighted by Gasteiger charge is -2.21. The lowest BCUT2D eigenvalue weighted by atomic mass is 10.2. The van der Waals surface area contributed by atoms with Crippen molar-refractivity contribution in [2.24, 2.45) is 0 Å². The summed E-state index contributed by atoms with van der Waals surface area (Å²) >= 11 is 1.33. The molecule has 2 aromatic carbocycles. The van der Waals surface area contributed by atoms with E-state index in [-0.39, 0.29) is 0 Å². The van der Waals surface area contributed by atoms with Crippen molar-refractivity contribution < 1.29 is 14.3 Å². The number of carbonyl (C=O) groups excluding carboxylic acids is 2. The zero-order valence-electron chi connectivity index (χ0n) is 17.3. The second kappa shape index (κ2) is 10.0. The van der Waals surface area contributed by atoms with E-state index in [0.717, 1.165) is 30.0 Å². The maximum Gasteiger partial charge on any atom is 0.338 e. The fraction of sp³-hybridized carbons (Fsp3) is 0.261. The number of rotatable bonds is 8. The standard InChI is InChI=1S/C23H25N3O3S/c1-4-26(5-2)19-13-11-18(12-14-19)22(28)29-16(3)21(27)25-23-24-20(15-30-23)17-9-7-6-8-10-17/h6-16H,4-5H2,1-3H3,(H,24,25,27)/t16-/m1/s1. The largest absolute Gasteiger partial charge is 0.449 e. The summed E-state index contributed by atoms with van der Waals surface area (Å²) in [5.74, 6) is -0.954. The number of benzene rings is 2. The van der Waals surface area contributed by atoms with Crippen LogP contribution in [0.1, 0.15) is 31.1 Å². The lowest BCUT2D eigenvalue weighted by molar-refractivity contribution is -0.123. The molecule has 0 aliphatic carbocycles. The second-order valence-corrected chi connectivity index (χ2v) is 7.52. The molecule has 0 aliphatic rings. The molecule has 3 aromatic rings. The highest BCUT2D eigenvalue weighted by Crippen LogP contribution is 2.24. The van der Waals surface area contributed by atoms with E-state index in [2.05, 4.69) is 29.0 Å². The van der Waals surface area contributed by atoms with Gasteiger partial charge in [-0.2, -0.15) is 0 Å². The van der Waals surface area contributed by atoms with Gasteiger partial charge in [0.1, 0.15) is 0 Å². The first-order valence-electron chi connectivity index (χ1n) is 9.89. The summed E-state index contributed by atoms with van der Waals surface area (Å²) < 4.78 is 5.33. The van der Waals surface area contributed by atoms with E-state index in [1.807, 2.05) is 47.8 Å². The topological polar surface area (TPSA) is 71.5 Å². The smallest absolute Gasteiger partial charge is 0.338 e. The highest BCUT2D eigenvalue weighted by Gasteiger charge is 2.20. The SMILES string of the molecule is CCN(CC)c1ccc(C(=O)O[C@H](C)C(=O)Nc2nc(-c3ccccc3)cs2)cc1. The number of hydrogen-bond acceptors (Lipinski definition) is 6. The molecule has 7 heteroatoms. The number of nitrogens with one attached hydrogen (secondary N) is 1. The van der Waals surface area contributed by atoms with Crippen molar-refractivity contribution in [2.75, 3.05) is 23.3 Å². The Kier molecular flexibility index (Phi) is 7.19. The first-order valence-corrected chi connectivity index (χ1v) is 10.8. The van der Waals surface area contributed by atoms with Crippen LogP contribution in [0.2, 0.25) is 0 Å². The molecule has 6 nitrogen and oxygen atoms in total. The number of aromatic nitrogens is 1. The molecule has 0 aliphatic heterocycles. The maximum absolute atomic E-state index is 12.4. The molecular formula is C23H25N3O3S. The van der Waals surface area contributed by atoms with Crippen LogP contribution in [0.3, 0.4) is 0 Å². The molecule has 1 aromatic heterocycles. The molecule has 0 saturated carbocycles. The number of carbonyl (C=O) groups is 2. The van der Waals surface area contributed by atoms with E-state index in [1.54, 1.807) is 19.1 Å². The summed E-state index contributed by atoms with van der Waals surface area (Å²) in [5.41, 5.74) is 3.21. The van der Waals surface area contributed by atoms with Crippen molar-refractivity contribution in [3.05, 3.63) is 65.5 Å². The van der Waals surface area contributed by atoms with Crippen LogP contribution in [0.4, 0.5) is 10.8 Å². The van der Waals surface area contributed by atoms with Crippen LogP contribution in [0.25, 0.3) is 11.3 Å². The number of anilines is 2. The van der Waals surface area contributed by atoms with Gasteiger partial charge in [0.05, 0.1) is 11.3 Å². The van der Waals surface area contributed by atoms with Gasteiger partial charge in [0, 0.05) is 29.7 Å². The zero-order valence-corrected chi connectivity index (χ0v) is 18.1. The Morgan fingerprint density at radius 3 is 2.37 bits per heavy atom. The van der Waals surface area contributed by atoms with Gasteiger partial charge in [0.15, 0.2) is 11.2 Å². The van der Waals surface area contributed by atoms with Crippen molar-refractivity contribution in [3.63, 3.8) is 0 Å². The van der Waals surface area contributed by atoms with E-state index in [0.29, 0.717) is 10.7 Å². The first-order chi connectivity index (χ1) is 14.5. The Morgan fingerprint density at radius 2 is 1.73 bits per heavy atom. The van der Waals surface area contributed by atoms with Crippen LogP contribution in [-0.4, -0.2) is 36.1 Å². The molecule has 1 N–H and O–H groups in total. The number of thiazole rings is 1. The molecule has 0 unspecified atom stereocenters. The maximum atomic E-state index is 12.4. The third-order valence-electron chi connectivity index (χ3n) is 4.69. The van der Waals surface area contributed by atoms with Crippen molar-refractivity contribution in [2.45, 2.75) is 26.9 Å². The Labute approximate surface area is 180 Å². The fourth-order valence-corrected chi connectivity index (χ4v) is 3.68. The molecule has 3 rings (SSSR count). The Bertz CT molecular complexity index is 982. The fourth-order valence-electron chi connectivity index (χ4n) is 2.96. The van der Waals surface area contributed by atoms with E-state index in [1.165, 1.54) is 11.3 Å². The lowest BCUT2D eigenvalue weighted by Crippen LogP contribution is -2.30. The van der Waals surface area contributed by atoms with Crippen molar-refractivity contribution in [3.8, 4) is 11.3 Å². The molecule has 0 radical (unpaired) electrons. The summed E-state index contributed by atoms with van der Waals surface area (Å²) in [6, 6.07) is 16.9. The summed E-state index contributed by atoms with van der Waals surface area (Å²) in [5, 5.41) is 5.05. The van der Waals surface area contributed by atoms with E-state index < -0.39 is 18.0 Å². The van der Waals surface area contributed by atoms with Gasteiger partial charge in [0.25, 0.3) is 5.91 Å². The molecule has 1 amide bonds. The Morgan fingerprint density at radius 1 is 1.07 bits per heavy atom. The minimum Gasteiger partial charge on any atom is -0.449 e. The van der Waals surface area contributed by atoms with Gasteiger partial charge in [-0.25, -0.2) is 9.78 Å². The molecular weight excluding hydrogens is 398 g/mol. The minimum absolute atomic E-state index is 0.408. The number of nitrogens with zero attached hydrogens (tertiary/aromatic N) is 2. The van der Waals surface area contributed by atoms with Gasteiger partial charge in [-0.15, -0.1) is 11.3 Å².